The Morgan fingerprint density at radius 3 is 1.00 bits per heavy atom. The van der Waals surface area contributed by atoms with Gasteiger partial charge in [-0.2, -0.15) is 9.90 Å². The molecule has 4 heteroatoms. The average Bonchev–Trinajstić information content (AvgIpc) is 0. The summed E-state index contributed by atoms with van der Waals surface area (Å²) in [5.41, 5.74) is 0. The summed E-state index contributed by atoms with van der Waals surface area (Å²) in [7, 11) is 0. The second-order valence-corrected chi connectivity index (χ2v) is 0. The zero-order valence-electron chi connectivity index (χ0n) is 2.53. The van der Waals surface area contributed by atoms with E-state index < -0.39 is 0 Å². The summed E-state index contributed by atoms with van der Waals surface area (Å²) in [5.74, 6) is 0. The minimum absolute atomic E-state index is 0. The van der Waals surface area contributed by atoms with Crippen molar-refractivity contribution in [2.75, 3.05) is 0 Å². The van der Waals surface area contributed by atoms with Crippen molar-refractivity contribution in [2.24, 2.45) is 0 Å². The van der Waals surface area contributed by atoms with E-state index in [4.69, 9.17) is 0 Å². The van der Waals surface area contributed by atoms with Crippen molar-refractivity contribution in [1.82, 2.24) is 0 Å². The molecule has 1 atom stereocenters. The molecular formula is H4AlMoPZn. The van der Waals surface area contributed by atoms with Crippen LogP contribution in [0.25, 0.3) is 0 Å². The molecule has 0 aliphatic rings. The maximum atomic E-state index is 0. The SMILES string of the molecule is P.[AlH].[Mo].[Zn]. The zero-order valence-corrected chi connectivity index (χ0v) is 10.3. The van der Waals surface area contributed by atoms with Crippen molar-refractivity contribution in [3.8, 4) is 0 Å². The second kappa shape index (κ2) is 18.6. The first-order valence-electron chi connectivity index (χ1n) is 0. The van der Waals surface area contributed by atoms with Crippen molar-refractivity contribution < 1.29 is 40.5 Å². The molecule has 0 rings (SSSR count). The van der Waals surface area contributed by atoms with Gasteiger partial charge in [0.2, 0.25) is 0 Å². The minimum atomic E-state index is 0. The van der Waals surface area contributed by atoms with Crippen molar-refractivity contribution in [1.29, 1.82) is 0 Å². The third-order valence-electron chi connectivity index (χ3n) is 0. The molecule has 0 aromatic rings. The van der Waals surface area contributed by atoms with Gasteiger partial charge in [0.15, 0.2) is 0 Å². The van der Waals surface area contributed by atoms with Crippen LogP contribution in [0, 0.1) is 0 Å². The Morgan fingerprint density at radius 1 is 1.00 bits per heavy atom. The fraction of sp³-hybridized carbons (Fsp3) is 0. The molecule has 0 spiro atoms. The molecule has 2 radical (unpaired) electrons. The predicted octanol–water partition coefficient (Wildman–Crippen LogP) is -0.595. The number of rotatable bonds is 0. The fourth-order valence-electron chi connectivity index (χ4n) is 0. The standard InChI is InChI=1S/Al.Mo.H3P.Zn.H/h;;1H3;;. The molecule has 0 N–H and O–H groups in total. The fourth-order valence-corrected chi connectivity index (χ4v) is 0. The number of hydrogen-bond donors (Lipinski definition) is 0. The minimum Gasteiger partial charge on any atom is -0.153 e. The van der Waals surface area contributed by atoms with Crippen LogP contribution in [-0.2, 0) is 40.5 Å². The van der Waals surface area contributed by atoms with Crippen LogP contribution in [0.15, 0.2) is 0 Å². The van der Waals surface area contributed by atoms with Gasteiger partial charge < -0.3 is 0 Å². The molecule has 0 nitrogen and oxygen atoms in total. The van der Waals surface area contributed by atoms with Crippen molar-refractivity contribution in [2.45, 2.75) is 0 Å². The van der Waals surface area contributed by atoms with Crippen LogP contribution in [0.4, 0.5) is 0 Å². The van der Waals surface area contributed by atoms with Crippen molar-refractivity contribution >= 4 is 27.3 Å². The molecule has 4 heavy (non-hydrogen) atoms. The summed E-state index contributed by atoms with van der Waals surface area (Å²) in [4.78, 5) is 0. The summed E-state index contributed by atoms with van der Waals surface area (Å²) in [6, 6.07) is 0. The van der Waals surface area contributed by atoms with E-state index in [1.165, 1.54) is 0 Å². The topological polar surface area (TPSA) is 0 Å². The first-order valence-corrected chi connectivity index (χ1v) is 0. The Labute approximate surface area is 67.3 Å². The van der Waals surface area contributed by atoms with Crippen LogP contribution < -0.4 is 0 Å². The summed E-state index contributed by atoms with van der Waals surface area (Å²) in [6.07, 6.45) is 0. The quantitative estimate of drug-likeness (QED) is 0.380. The Balaban J connectivity index is 0. The molecule has 1 unspecified atom stereocenters. The zero-order chi connectivity index (χ0) is 0. The van der Waals surface area contributed by atoms with Crippen LogP contribution in [0.5, 0.6) is 0 Å². The van der Waals surface area contributed by atoms with E-state index in [0.29, 0.717) is 0 Å². The summed E-state index contributed by atoms with van der Waals surface area (Å²) < 4.78 is 0. The summed E-state index contributed by atoms with van der Waals surface area (Å²) in [6.45, 7) is 0. The Bertz CT molecular complexity index is 8.00. The van der Waals surface area contributed by atoms with E-state index in [0.717, 1.165) is 0 Å². The van der Waals surface area contributed by atoms with Gasteiger partial charge in [-0.15, -0.1) is 0 Å². The molecule has 0 saturated carbocycles. The summed E-state index contributed by atoms with van der Waals surface area (Å²) in [5, 5.41) is 0. The third-order valence-corrected chi connectivity index (χ3v) is 0. The van der Waals surface area contributed by atoms with E-state index in [9.17, 15) is 0 Å². The monoisotopic (exact) mass is 224 g/mol. The van der Waals surface area contributed by atoms with Gasteiger partial charge in [0.1, 0.15) is 0 Å². The van der Waals surface area contributed by atoms with Gasteiger partial charge in [0.25, 0.3) is 0 Å². The van der Waals surface area contributed by atoms with Crippen LogP contribution in [-0.4, -0.2) is 17.4 Å². The molecule has 0 aromatic carbocycles. The van der Waals surface area contributed by atoms with E-state index in [-0.39, 0.29) is 67.8 Å². The molecule has 0 saturated heterocycles. The molecular weight excluding hydrogens is 219 g/mol. The van der Waals surface area contributed by atoms with Crippen LogP contribution >= 0.6 is 9.90 Å². The van der Waals surface area contributed by atoms with Crippen LogP contribution in [0.2, 0.25) is 0 Å². The molecule has 0 aromatic heterocycles. The first kappa shape index (κ1) is 33.7. The molecule has 0 aliphatic heterocycles. The second-order valence-electron chi connectivity index (χ2n) is 0. The smallest absolute Gasteiger partial charge is 0.0854 e. The number of hydrogen-bond acceptors (Lipinski definition) is 0. The van der Waals surface area contributed by atoms with Gasteiger partial charge in [-0.25, -0.2) is 0 Å². The van der Waals surface area contributed by atoms with Crippen LogP contribution in [0.1, 0.15) is 0 Å². The Hall–Kier alpha value is 2.27. The third kappa shape index (κ3) is 8.86. The van der Waals surface area contributed by atoms with E-state index in [2.05, 4.69) is 0 Å². The van der Waals surface area contributed by atoms with Crippen LogP contribution in [0.3, 0.4) is 0 Å². The molecule has 0 fully saturated rings. The van der Waals surface area contributed by atoms with Gasteiger partial charge in [-0.05, 0) is 0 Å². The van der Waals surface area contributed by atoms with Crippen molar-refractivity contribution in [3.05, 3.63) is 0 Å². The van der Waals surface area contributed by atoms with Gasteiger partial charge >= 0.3 is 0 Å². The van der Waals surface area contributed by atoms with Gasteiger partial charge in [0, 0.05) is 40.5 Å². The van der Waals surface area contributed by atoms with E-state index in [1.54, 1.807) is 0 Å². The van der Waals surface area contributed by atoms with Crippen molar-refractivity contribution in [3.63, 3.8) is 0 Å². The molecule has 0 bridgehead atoms. The molecule has 20 valence electrons. The van der Waals surface area contributed by atoms with Gasteiger partial charge in [-0.3, -0.25) is 0 Å². The van der Waals surface area contributed by atoms with Gasteiger partial charge in [-0.1, -0.05) is 0 Å². The first-order chi connectivity index (χ1) is 0. The Morgan fingerprint density at radius 2 is 1.00 bits per heavy atom. The summed E-state index contributed by atoms with van der Waals surface area (Å²) >= 11 is 0. The maximum absolute atomic E-state index is 0. The molecule has 0 heterocycles. The molecule has 0 aliphatic carbocycles. The normalized spacial score (nSPS) is 0. The van der Waals surface area contributed by atoms with Gasteiger partial charge in [0.05, 0.1) is 17.4 Å². The van der Waals surface area contributed by atoms with E-state index >= 15 is 0 Å². The van der Waals surface area contributed by atoms with E-state index in [1.807, 2.05) is 0 Å². The molecule has 0 amide bonds. The average molecular weight is 223 g/mol. The largest absolute Gasteiger partial charge is 0.153 e. The maximum Gasteiger partial charge on any atom is 0.0854 e. The predicted molar refractivity (Wildman–Crippen MR) is 18.3 cm³/mol. The Kier molecular flexibility index (Phi) is 157.